The van der Waals surface area contributed by atoms with Crippen molar-refractivity contribution in [3.05, 3.63) is 9.88 Å². The molecule has 0 N–H and O–H groups in total. The first-order chi connectivity index (χ1) is 1.89. The van der Waals surface area contributed by atoms with Crippen molar-refractivity contribution >= 4 is 23.3 Å². The topological polar surface area (TPSA) is 0 Å². The van der Waals surface area contributed by atoms with Crippen molar-refractivity contribution in [1.82, 2.24) is 0 Å². The molecule has 1 aliphatic rings. The van der Waals surface area contributed by atoms with Gasteiger partial charge in [0.2, 0.25) is 0 Å². The van der Waals surface area contributed by atoms with Gasteiger partial charge in [0, 0.05) is 0 Å². The van der Waals surface area contributed by atoms with Crippen molar-refractivity contribution in [2.24, 2.45) is 0 Å². The van der Waals surface area contributed by atoms with Gasteiger partial charge in [-0.25, -0.2) is 10.0 Å². The van der Waals surface area contributed by atoms with Crippen molar-refractivity contribution in [2.45, 2.75) is 0 Å². The SMILES string of the molecule is [Cl][Al]1[CH]=[CH]1. The summed E-state index contributed by atoms with van der Waals surface area (Å²) in [6.07, 6.45) is 0. The first kappa shape index (κ1) is 2.78. The number of rotatable bonds is 0. The number of hydrogen-bond acceptors (Lipinski definition) is 0. The van der Waals surface area contributed by atoms with E-state index in [1.54, 1.807) is 0 Å². The molecule has 0 spiro atoms. The van der Waals surface area contributed by atoms with Crippen LogP contribution < -0.4 is 0 Å². The minimum atomic E-state index is -0.667. The fourth-order valence-corrected chi connectivity index (χ4v) is 1.13. The van der Waals surface area contributed by atoms with E-state index in [0.29, 0.717) is 0 Å². The molecule has 0 atom stereocenters. The van der Waals surface area contributed by atoms with Gasteiger partial charge in [0.05, 0.1) is 0 Å². The van der Waals surface area contributed by atoms with E-state index >= 15 is 0 Å². The van der Waals surface area contributed by atoms with Crippen LogP contribution in [0.15, 0.2) is 9.88 Å². The van der Waals surface area contributed by atoms with Gasteiger partial charge in [-0.1, -0.05) is 0 Å². The molecule has 0 aromatic rings. The van der Waals surface area contributed by atoms with Gasteiger partial charge in [-0.3, -0.25) is 0 Å². The van der Waals surface area contributed by atoms with Gasteiger partial charge in [0.15, 0.2) is 0 Å². The van der Waals surface area contributed by atoms with Crippen LogP contribution in [0.25, 0.3) is 0 Å². The summed E-state index contributed by atoms with van der Waals surface area (Å²) < 4.78 is 0. The van der Waals surface area contributed by atoms with Crippen LogP contribution in [0.4, 0.5) is 0 Å². The van der Waals surface area contributed by atoms with E-state index in [9.17, 15) is 0 Å². The highest BCUT2D eigenvalue weighted by Crippen LogP contribution is 2.05. The third kappa shape index (κ3) is 0.493. The largest absolute Gasteiger partial charge is 0.456 e. The maximum atomic E-state index is 5.41. The van der Waals surface area contributed by atoms with Gasteiger partial charge in [-0.2, -0.15) is 0 Å². The zero-order valence-corrected chi connectivity index (χ0v) is 4.02. The maximum Gasteiger partial charge on any atom is 0.456 e. The molecule has 0 nitrogen and oxygen atoms in total. The molecule has 0 bridgehead atoms. The Morgan fingerprint density at radius 2 is 1.75 bits per heavy atom. The van der Waals surface area contributed by atoms with Gasteiger partial charge in [-0.05, 0) is 0 Å². The molecule has 0 amide bonds. The third-order valence-electron chi connectivity index (χ3n) is 0.338. The molecule has 0 fully saturated rings. The van der Waals surface area contributed by atoms with Gasteiger partial charge >= 0.3 is 13.2 Å². The fraction of sp³-hybridized carbons (Fsp3) is 0. The Morgan fingerprint density at radius 3 is 1.75 bits per heavy atom. The Hall–Kier alpha value is 0.562. The van der Waals surface area contributed by atoms with Crippen molar-refractivity contribution in [3.8, 4) is 0 Å². The summed E-state index contributed by atoms with van der Waals surface area (Å²) in [7, 11) is 5.41. The molecule has 0 aromatic heterocycles. The standard InChI is InChI=1S/C2H2.Al.ClH/c1-2;;/h1-2H;;1H/q;+1;/p-1. The molecule has 0 saturated heterocycles. The summed E-state index contributed by atoms with van der Waals surface area (Å²) in [6.45, 7) is 0. The maximum absolute atomic E-state index is 5.41. The predicted molar refractivity (Wildman–Crippen MR) is 20.7 cm³/mol. The summed E-state index contributed by atoms with van der Waals surface area (Å²) in [6, 6.07) is 0. The van der Waals surface area contributed by atoms with Gasteiger partial charge in [-0.15, -0.1) is 9.88 Å². The summed E-state index contributed by atoms with van der Waals surface area (Å²) in [4.78, 5) is 4.14. The normalized spacial score (nSPS) is 17.8. The molecule has 0 saturated carbocycles. The molecule has 0 aliphatic carbocycles. The molecule has 1 heterocycles. The highest BCUT2D eigenvalue weighted by Gasteiger charge is 2.14. The predicted octanol–water partition coefficient (Wildman–Crippen LogP) is 0.865. The Kier molecular flexibility index (Phi) is 0.526. The molecule has 4 heavy (non-hydrogen) atoms. The van der Waals surface area contributed by atoms with Crippen LogP contribution in [0.1, 0.15) is 0 Å². The highest BCUT2D eigenvalue weighted by atomic mass is 35.6. The minimum Gasteiger partial charge on any atom is -0.247 e. The molecule has 2 heteroatoms. The Morgan fingerprint density at radius 1 is 1.50 bits per heavy atom. The van der Waals surface area contributed by atoms with E-state index in [0.717, 1.165) is 0 Å². The lowest BCUT2D eigenvalue weighted by Gasteiger charge is -1.41. The third-order valence-corrected chi connectivity index (χ3v) is 1.89. The van der Waals surface area contributed by atoms with E-state index in [4.69, 9.17) is 10.0 Å². The Labute approximate surface area is 33.7 Å². The molecule has 0 aromatic carbocycles. The second-order valence-corrected chi connectivity index (χ2v) is 4.00. The van der Waals surface area contributed by atoms with Crippen molar-refractivity contribution in [3.63, 3.8) is 0 Å². The molecule has 0 radical (unpaired) electrons. The molecule has 1 aliphatic heterocycles. The second-order valence-electron chi connectivity index (χ2n) is 0.829. The first-order valence-corrected chi connectivity index (χ1v) is 4.30. The molecule has 20 valence electrons. The van der Waals surface area contributed by atoms with Crippen LogP contribution in [0, 0.1) is 0 Å². The van der Waals surface area contributed by atoms with Crippen LogP contribution in [0.3, 0.4) is 0 Å². The monoisotopic (exact) mass is 88.0 g/mol. The summed E-state index contributed by atoms with van der Waals surface area (Å²) in [5.41, 5.74) is 0. The lowest BCUT2D eigenvalue weighted by atomic mass is 11.3. The van der Waals surface area contributed by atoms with Crippen LogP contribution >= 0.6 is 10.0 Å². The smallest absolute Gasteiger partial charge is 0.247 e. The van der Waals surface area contributed by atoms with Gasteiger partial charge in [0.25, 0.3) is 0 Å². The quantitative estimate of drug-likeness (QED) is 0.386. The molecule has 1 rings (SSSR count). The van der Waals surface area contributed by atoms with Crippen LogP contribution in [-0.4, -0.2) is 13.2 Å². The first-order valence-electron chi connectivity index (χ1n) is 1.22. The zero-order chi connectivity index (χ0) is 2.99. The lowest BCUT2D eigenvalue weighted by Crippen LogP contribution is -1.62. The van der Waals surface area contributed by atoms with Crippen LogP contribution in [0.5, 0.6) is 0 Å². The second kappa shape index (κ2) is 0.756. The van der Waals surface area contributed by atoms with Crippen LogP contribution in [-0.2, 0) is 0 Å². The van der Waals surface area contributed by atoms with Crippen molar-refractivity contribution in [2.75, 3.05) is 0 Å². The average molecular weight is 88.5 g/mol. The highest BCUT2D eigenvalue weighted by molar-refractivity contribution is 7.18. The summed E-state index contributed by atoms with van der Waals surface area (Å²) in [5.74, 6) is 0. The van der Waals surface area contributed by atoms with E-state index in [1.807, 2.05) is 0 Å². The minimum absolute atomic E-state index is 0.667. The number of hydrogen-bond donors (Lipinski definition) is 0. The Balaban J connectivity index is 2.32. The molecular formula is C2H2AlCl. The average Bonchev–Trinajstić information content (AvgIpc) is 1.75. The van der Waals surface area contributed by atoms with E-state index < -0.39 is 13.2 Å². The lowest BCUT2D eigenvalue weighted by molar-refractivity contribution is 2.81. The zero-order valence-electron chi connectivity index (χ0n) is 2.11. The fourth-order valence-electron chi connectivity index (χ4n) is 0.0420. The van der Waals surface area contributed by atoms with Crippen LogP contribution in [0.2, 0.25) is 0 Å². The number of halogens is 1. The summed E-state index contributed by atoms with van der Waals surface area (Å²) >= 11 is -0.667. The Bertz CT molecular complexity index is 44.0. The summed E-state index contributed by atoms with van der Waals surface area (Å²) in [5, 5.41) is 0. The van der Waals surface area contributed by atoms with E-state index in [-0.39, 0.29) is 0 Å². The van der Waals surface area contributed by atoms with E-state index in [1.165, 1.54) is 0 Å². The molecular weight excluding hydrogens is 86.5 g/mol. The van der Waals surface area contributed by atoms with E-state index in [2.05, 4.69) is 9.88 Å². The van der Waals surface area contributed by atoms with Crippen molar-refractivity contribution < 1.29 is 0 Å². The van der Waals surface area contributed by atoms with Gasteiger partial charge in [0.1, 0.15) is 0 Å². The van der Waals surface area contributed by atoms with Crippen molar-refractivity contribution in [1.29, 1.82) is 0 Å². The molecule has 0 unspecified atom stereocenters. The van der Waals surface area contributed by atoms with Gasteiger partial charge < -0.3 is 0 Å².